The molecule has 2 unspecified atom stereocenters. The largest absolute Gasteiger partial charge is 0.476 e. The molecular weight excluding hydrogens is 348 g/mol. The Morgan fingerprint density at radius 2 is 1.96 bits per heavy atom. The maximum atomic E-state index is 11.6. The van der Waals surface area contributed by atoms with Crippen LogP contribution in [0.15, 0.2) is 35.7 Å². The van der Waals surface area contributed by atoms with Crippen LogP contribution in [0.1, 0.15) is 33.6 Å². The number of hydrogen-bond acceptors (Lipinski definition) is 7. The van der Waals surface area contributed by atoms with E-state index in [4.69, 9.17) is 9.84 Å². The number of hydrogen-bond donors (Lipinski definition) is 4. The van der Waals surface area contributed by atoms with Gasteiger partial charge in [-0.25, -0.2) is 14.6 Å². The minimum absolute atomic E-state index is 0.0571. The number of nitrogens with zero attached hydrogens (tertiary/aromatic N) is 1. The summed E-state index contributed by atoms with van der Waals surface area (Å²) in [6, 6.07) is 9.18. The van der Waals surface area contributed by atoms with Gasteiger partial charge >= 0.3 is 12.1 Å². The fraction of sp³-hybridized carbons (Fsp3) is 0.312. The zero-order valence-electron chi connectivity index (χ0n) is 13.2. The Morgan fingerprint density at radius 1 is 1.24 bits per heavy atom. The third-order valence-electron chi connectivity index (χ3n) is 3.29. The smallest absolute Gasteiger partial charge is 0.407 e. The van der Waals surface area contributed by atoms with Crippen LogP contribution in [0.5, 0.6) is 0 Å². The lowest BCUT2D eigenvalue weighted by Crippen LogP contribution is -2.29. The second-order valence-corrected chi connectivity index (χ2v) is 6.03. The van der Waals surface area contributed by atoms with Gasteiger partial charge in [-0.05, 0) is 12.0 Å². The molecule has 0 radical (unpaired) electrons. The van der Waals surface area contributed by atoms with E-state index in [0.717, 1.165) is 16.9 Å². The summed E-state index contributed by atoms with van der Waals surface area (Å²) in [6.45, 7) is 0.219. The first-order valence-electron chi connectivity index (χ1n) is 7.46. The number of carboxylic acid groups (broad SMARTS) is 1. The number of aromatic carboxylic acids is 1. The van der Waals surface area contributed by atoms with Gasteiger partial charge in [0, 0.05) is 11.9 Å². The number of carboxylic acids is 1. The van der Waals surface area contributed by atoms with Gasteiger partial charge in [-0.15, -0.1) is 11.3 Å². The highest BCUT2D eigenvalue weighted by Crippen LogP contribution is 2.21. The van der Waals surface area contributed by atoms with E-state index in [1.165, 1.54) is 5.38 Å². The van der Waals surface area contributed by atoms with E-state index in [2.05, 4.69) is 10.3 Å². The molecule has 2 aromatic rings. The number of aromatic nitrogens is 1. The predicted molar refractivity (Wildman–Crippen MR) is 89.3 cm³/mol. The lowest BCUT2D eigenvalue weighted by Gasteiger charge is -2.16. The molecule has 4 N–H and O–H groups in total. The molecule has 0 aliphatic carbocycles. The Balaban J connectivity index is 1.70. The van der Waals surface area contributed by atoms with Crippen molar-refractivity contribution in [2.45, 2.75) is 25.2 Å². The highest BCUT2D eigenvalue weighted by molar-refractivity contribution is 7.11. The molecule has 25 heavy (non-hydrogen) atoms. The van der Waals surface area contributed by atoms with Crippen LogP contribution in [-0.4, -0.2) is 45.0 Å². The van der Waals surface area contributed by atoms with Gasteiger partial charge in [0.15, 0.2) is 0 Å². The number of amides is 1. The number of carbonyl (C=O) groups excluding carboxylic acids is 1. The third-order valence-corrected chi connectivity index (χ3v) is 4.14. The maximum Gasteiger partial charge on any atom is 0.407 e. The fourth-order valence-corrected chi connectivity index (χ4v) is 2.65. The van der Waals surface area contributed by atoms with Crippen molar-refractivity contribution in [1.82, 2.24) is 10.3 Å². The van der Waals surface area contributed by atoms with Crippen molar-refractivity contribution in [2.75, 3.05) is 6.54 Å². The van der Waals surface area contributed by atoms with E-state index in [9.17, 15) is 19.8 Å². The summed E-state index contributed by atoms with van der Waals surface area (Å²) in [7, 11) is 0. The quantitative estimate of drug-likeness (QED) is 0.558. The van der Waals surface area contributed by atoms with Crippen LogP contribution in [0.3, 0.4) is 0 Å². The summed E-state index contributed by atoms with van der Waals surface area (Å²) >= 11 is 0.865. The Labute approximate surface area is 147 Å². The van der Waals surface area contributed by atoms with Gasteiger partial charge in [0.05, 0.1) is 11.8 Å². The summed E-state index contributed by atoms with van der Waals surface area (Å²) in [5, 5.41) is 32.4. The van der Waals surface area contributed by atoms with E-state index >= 15 is 0 Å². The molecule has 9 heteroatoms. The average Bonchev–Trinajstić information content (AvgIpc) is 3.10. The van der Waals surface area contributed by atoms with Crippen LogP contribution >= 0.6 is 11.3 Å². The normalized spacial score (nSPS) is 13.0. The minimum Gasteiger partial charge on any atom is -0.476 e. The summed E-state index contributed by atoms with van der Waals surface area (Å²) in [6.07, 6.45) is -3.10. The number of ether oxygens (including phenoxy) is 1. The van der Waals surface area contributed by atoms with Crippen LogP contribution < -0.4 is 5.32 Å². The highest BCUT2D eigenvalue weighted by atomic mass is 32.1. The molecule has 0 aliphatic heterocycles. The Kier molecular flexibility index (Phi) is 6.87. The van der Waals surface area contributed by atoms with Gasteiger partial charge in [0.1, 0.15) is 12.7 Å². The molecule has 0 bridgehead atoms. The maximum absolute atomic E-state index is 11.6. The van der Waals surface area contributed by atoms with E-state index in [1.54, 1.807) is 0 Å². The summed E-state index contributed by atoms with van der Waals surface area (Å²) in [4.78, 5) is 26.1. The van der Waals surface area contributed by atoms with Crippen LogP contribution in [0.25, 0.3) is 0 Å². The van der Waals surface area contributed by atoms with Gasteiger partial charge in [-0.1, -0.05) is 30.3 Å². The van der Waals surface area contributed by atoms with Crippen LogP contribution in [0, 0.1) is 0 Å². The molecule has 0 saturated carbocycles. The number of thiazole rings is 1. The van der Waals surface area contributed by atoms with Gasteiger partial charge in [-0.3, -0.25) is 0 Å². The zero-order chi connectivity index (χ0) is 18.2. The zero-order valence-corrected chi connectivity index (χ0v) is 14.0. The topological polar surface area (TPSA) is 129 Å². The molecule has 8 nitrogen and oxygen atoms in total. The third kappa shape index (κ3) is 5.82. The monoisotopic (exact) mass is 366 g/mol. The molecule has 0 fully saturated rings. The molecule has 1 aromatic carbocycles. The molecule has 1 heterocycles. The summed E-state index contributed by atoms with van der Waals surface area (Å²) in [5.74, 6) is -1.19. The first-order chi connectivity index (χ1) is 12.0. The molecular formula is C16H18N2O6S. The van der Waals surface area contributed by atoms with Gasteiger partial charge in [0.2, 0.25) is 5.01 Å². The molecule has 1 amide bonds. The Bertz CT molecular complexity index is 706. The lowest BCUT2D eigenvalue weighted by atomic mass is 10.1. The van der Waals surface area contributed by atoms with Crippen LogP contribution in [0.2, 0.25) is 0 Å². The van der Waals surface area contributed by atoms with Gasteiger partial charge in [0.25, 0.3) is 0 Å². The predicted octanol–water partition coefficient (Wildman–Crippen LogP) is 1.55. The number of nitrogens with one attached hydrogen (secondary N) is 1. The Morgan fingerprint density at radius 3 is 2.60 bits per heavy atom. The lowest BCUT2D eigenvalue weighted by molar-refractivity contribution is 0.0113. The standard InChI is InChI=1S/C16H18N2O6S/c19-12(13(20)11-9-25-14(18-11)15(21)22)6-7-17-16(23)24-8-10-4-2-1-3-5-10/h1-5,9,12-13,19-20H,6-8H2,(H,17,23)(H,21,22). The second-order valence-electron chi connectivity index (χ2n) is 5.17. The highest BCUT2D eigenvalue weighted by Gasteiger charge is 2.22. The molecule has 134 valence electrons. The van der Waals surface area contributed by atoms with Crippen molar-refractivity contribution in [1.29, 1.82) is 0 Å². The fourth-order valence-electron chi connectivity index (χ4n) is 1.97. The second kappa shape index (κ2) is 9.11. The summed E-state index contributed by atoms with van der Waals surface area (Å²) < 4.78 is 5.01. The van der Waals surface area contributed by atoms with Crippen molar-refractivity contribution in [3.63, 3.8) is 0 Å². The van der Waals surface area contributed by atoms with Gasteiger partial charge in [-0.2, -0.15) is 0 Å². The number of aliphatic hydroxyl groups excluding tert-OH is 2. The number of alkyl carbamates (subject to hydrolysis) is 1. The average molecular weight is 366 g/mol. The molecule has 2 atom stereocenters. The molecule has 1 aromatic heterocycles. The summed E-state index contributed by atoms with van der Waals surface area (Å²) in [5.41, 5.74) is 0.937. The number of aliphatic hydroxyl groups is 2. The van der Waals surface area contributed by atoms with Crippen molar-refractivity contribution < 1.29 is 29.6 Å². The molecule has 0 spiro atoms. The van der Waals surface area contributed by atoms with Gasteiger partial charge < -0.3 is 25.4 Å². The van der Waals surface area contributed by atoms with E-state index < -0.39 is 24.3 Å². The first-order valence-corrected chi connectivity index (χ1v) is 8.34. The number of carbonyl (C=O) groups is 2. The van der Waals surface area contributed by atoms with E-state index in [1.807, 2.05) is 30.3 Å². The number of rotatable bonds is 8. The van der Waals surface area contributed by atoms with Crippen molar-refractivity contribution in [3.8, 4) is 0 Å². The van der Waals surface area contributed by atoms with E-state index in [-0.39, 0.29) is 30.3 Å². The molecule has 0 saturated heterocycles. The van der Waals surface area contributed by atoms with Crippen molar-refractivity contribution >= 4 is 23.4 Å². The first kappa shape index (κ1) is 18.8. The van der Waals surface area contributed by atoms with Crippen LogP contribution in [0.4, 0.5) is 4.79 Å². The van der Waals surface area contributed by atoms with Crippen LogP contribution in [-0.2, 0) is 11.3 Å². The SMILES string of the molecule is O=C(NCCC(O)C(O)c1csc(C(=O)O)n1)OCc1ccccc1. The molecule has 2 rings (SSSR count). The van der Waals surface area contributed by atoms with Crippen molar-refractivity contribution in [3.05, 3.63) is 52.0 Å². The Hall–Kier alpha value is -2.49. The van der Waals surface area contributed by atoms with E-state index in [0.29, 0.717) is 0 Å². The number of benzene rings is 1. The van der Waals surface area contributed by atoms with Crippen molar-refractivity contribution in [2.24, 2.45) is 0 Å². The minimum atomic E-state index is -1.33. The molecule has 0 aliphatic rings.